The maximum atomic E-state index is 13.1. The van der Waals surface area contributed by atoms with Crippen LogP contribution in [0.1, 0.15) is 17.7 Å². The van der Waals surface area contributed by atoms with Crippen LogP contribution in [0, 0.1) is 0 Å². The molecule has 0 amide bonds. The largest absolute Gasteiger partial charge is 0.315 e. The molecule has 0 aliphatic carbocycles. The van der Waals surface area contributed by atoms with E-state index in [9.17, 15) is 4.79 Å². The molecule has 0 saturated carbocycles. The highest BCUT2D eigenvalue weighted by atomic mass is 16.1. The fraction of sp³-hybridized carbons (Fsp3) is 0.292. The molecule has 0 unspecified atom stereocenters. The van der Waals surface area contributed by atoms with Crippen LogP contribution in [0.4, 0.5) is 0 Å². The van der Waals surface area contributed by atoms with Crippen molar-refractivity contribution < 1.29 is 0 Å². The summed E-state index contributed by atoms with van der Waals surface area (Å²) in [5.41, 5.74) is 5.15. The first kappa shape index (κ1) is 18.8. The molecule has 6 heteroatoms. The fourth-order valence-electron chi connectivity index (χ4n) is 4.42. The van der Waals surface area contributed by atoms with Gasteiger partial charge in [0.05, 0.1) is 5.52 Å². The zero-order valence-corrected chi connectivity index (χ0v) is 17.2. The molecule has 6 nitrogen and oxygen atoms in total. The average Bonchev–Trinajstić information content (AvgIpc) is 3.29. The molecule has 1 aromatic carbocycles. The molecule has 4 heterocycles. The Kier molecular flexibility index (Phi) is 4.93. The zero-order chi connectivity index (χ0) is 20.5. The van der Waals surface area contributed by atoms with Gasteiger partial charge in [-0.15, -0.1) is 0 Å². The number of aryl methyl sites for hydroxylation is 1. The Morgan fingerprint density at radius 3 is 2.87 bits per heavy atom. The first-order chi connectivity index (χ1) is 14.7. The van der Waals surface area contributed by atoms with E-state index in [-0.39, 0.29) is 5.56 Å². The van der Waals surface area contributed by atoms with Crippen molar-refractivity contribution in [3.8, 4) is 11.1 Å². The van der Waals surface area contributed by atoms with Gasteiger partial charge in [-0.3, -0.25) is 19.4 Å². The van der Waals surface area contributed by atoms with E-state index in [1.807, 2.05) is 59.0 Å². The van der Waals surface area contributed by atoms with E-state index in [0.717, 1.165) is 66.7 Å². The van der Waals surface area contributed by atoms with Crippen molar-refractivity contribution in [2.45, 2.75) is 25.9 Å². The van der Waals surface area contributed by atoms with Crippen molar-refractivity contribution in [3.63, 3.8) is 0 Å². The molecule has 0 saturated heterocycles. The SMILES string of the molecule is Cn1c2c(cc(-c3ccc4ncccc4c3)c1=O)CN(CCCn1cccn1)CC2. The number of aromatic nitrogens is 4. The molecule has 1 aliphatic rings. The van der Waals surface area contributed by atoms with Crippen LogP contribution in [0.2, 0.25) is 0 Å². The predicted molar refractivity (Wildman–Crippen MR) is 118 cm³/mol. The lowest BCUT2D eigenvalue weighted by Gasteiger charge is -2.30. The quantitative estimate of drug-likeness (QED) is 0.517. The number of benzene rings is 1. The fourth-order valence-corrected chi connectivity index (χ4v) is 4.42. The van der Waals surface area contributed by atoms with Crippen LogP contribution in [0.25, 0.3) is 22.0 Å². The van der Waals surface area contributed by atoms with Crippen molar-refractivity contribution >= 4 is 10.9 Å². The van der Waals surface area contributed by atoms with Crippen LogP contribution in [-0.4, -0.2) is 37.3 Å². The van der Waals surface area contributed by atoms with Crippen LogP contribution in [-0.2, 0) is 26.6 Å². The number of pyridine rings is 2. The molecule has 0 bridgehead atoms. The maximum absolute atomic E-state index is 13.1. The second-order valence-corrected chi connectivity index (χ2v) is 7.95. The van der Waals surface area contributed by atoms with Gasteiger partial charge < -0.3 is 4.57 Å². The second-order valence-electron chi connectivity index (χ2n) is 7.95. The molecule has 30 heavy (non-hydrogen) atoms. The second kappa shape index (κ2) is 7.88. The van der Waals surface area contributed by atoms with Gasteiger partial charge in [-0.1, -0.05) is 12.1 Å². The van der Waals surface area contributed by atoms with Gasteiger partial charge in [0.2, 0.25) is 0 Å². The number of hydrogen-bond donors (Lipinski definition) is 0. The van der Waals surface area contributed by atoms with E-state index in [4.69, 9.17) is 0 Å². The Morgan fingerprint density at radius 2 is 2.00 bits per heavy atom. The number of hydrogen-bond acceptors (Lipinski definition) is 4. The van der Waals surface area contributed by atoms with Gasteiger partial charge in [-0.25, -0.2) is 0 Å². The van der Waals surface area contributed by atoms with E-state index >= 15 is 0 Å². The van der Waals surface area contributed by atoms with Crippen LogP contribution in [0.5, 0.6) is 0 Å². The summed E-state index contributed by atoms with van der Waals surface area (Å²) >= 11 is 0. The molecule has 3 aromatic heterocycles. The molecule has 0 atom stereocenters. The third-order valence-corrected chi connectivity index (χ3v) is 6.02. The van der Waals surface area contributed by atoms with E-state index in [2.05, 4.69) is 27.1 Å². The Balaban J connectivity index is 1.41. The Bertz CT molecular complexity index is 1240. The lowest BCUT2D eigenvalue weighted by atomic mass is 9.98. The summed E-state index contributed by atoms with van der Waals surface area (Å²) in [6, 6.07) is 14.1. The van der Waals surface area contributed by atoms with Crippen molar-refractivity contribution in [1.29, 1.82) is 0 Å². The van der Waals surface area contributed by atoms with Gasteiger partial charge in [0.15, 0.2) is 0 Å². The van der Waals surface area contributed by atoms with Gasteiger partial charge >= 0.3 is 0 Å². The Hall–Kier alpha value is -3.25. The first-order valence-electron chi connectivity index (χ1n) is 10.5. The highest BCUT2D eigenvalue weighted by molar-refractivity contribution is 5.84. The van der Waals surface area contributed by atoms with Gasteiger partial charge in [0, 0.05) is 74.9 Å². The van der Waals surface area contributed by atoms with E-state index in [0.29, 0.717) is 0 Å². The predicted octanol–water partition coefficient (Wildman–Crippen LogP) is 3.25. The van der Waals surface area contributed by atoms with E-state index < -0.39 is 0 Å². The molecular formula is C24H25N5O. The normalized spacial score (nSPS) is 14.2. The van der Waals surface area contributed by atoms with Gasteiger partial charge in [-0.2, -0.15) is 5.10 Å². The monoisotopic (exact) mass is 399 g/mol. The van der Waals surface area contributed by atoms with E-state index in [1.165, 1.54) is 5.56 Å². The van der Waals surface area contributed by atoms with Crippen molar-refractivity contribution in [2.75, 3.05) is 13.1 Å². The van der Waals surface area contributed by atoms with Crippen molar-refractivity contribution in [2.24, 2.45) is 7.05 Å². The molecule has 0 radical (unpaired) electrons. The van der Waals surface area contributed by atoms with Gasteiger partial charge in [-0.05, 0) is 47.9 Å². The number of nitrogens with zero attached hydrogens (tertiary/aromatic N) is 5. The lowest BCUT2D eigenvalue weighted by molar-refractivity contribution is 0.240. The van der Waals surface area contributed by atoms with E-state index in [1.54, 1.807) is 6.20 Å². The number of rotatable bonds is 5. The first-order valence-corrected chi connectivity index (χ1v) is 10.5. The van der Waals surface area contributed by atoms with Crippen molar-refractivity contribution in [3.05, 3.63) is 82.7 Å². The molecular weight excluding hydrogens is 374 g/mol. The smallest absolute Gasteiger partial charge is 0.258 e. The Morgan fingerprint density at radius 1 is 1.07 bits per heavy atom. The lowest BCUT2D eigenvalue weighted by Crippen LogP contribution is -2.36. The molecule has 4 aromatic rings. The summed E-state index contributed by atoms with van der Waals surface area (Å²) < 4.78 is 3.83. The minimum absolute atomic E-state index is 0.0733. The van der Waals surface area contributed by atoms with Gasteiger partial charge in [0.1, 0.15) is 0 Å². The third kappa shape index (κ3) is 3.55. The molecule has 0 N–H and O–H groups in total. The average molecular weight is 399 g/mol. The Labute approximate surface area is 175 Å². The molecule has 152 valence electrons. The summed E-state index contributed by atoms with van der Waals surface area (Å²) in [7, 11) is 1.90. The highest BCUT2D eigenvalue weighted by Crippen LogP contribution is 2.25. The molecule has 0 spiro atoms. The molecule has 1 aliphatic heterocycles. The zero-order valence-electron chi connectivity index (χ0n) is 17.2. The van der Waals surface area contributed by atoms with Crippen LogP contribution < -0.4 is 5.56 Å². The van der Waals surface area contributed by atoms with Crippen LogP contribution in [0.15, 0.2) is 65.8 Å². The summed E-state index contributed by atoms with van der Waals surface area (Å²) in [6.45, 7) is 3.82. The molecule has 0 fully saturated rings. The van der Waals surface area contributed by atoms with Crippen LogP contribution >= 0.6 is 0 Å². The third-order valence-electron chi connectivity index (χ3n) is 6.02. The summed E-state index contributed by atoms with van der Waals surface area (Å²) in [5.74, 6) is 0. The minimum Gasteiger partial charge on any atom is -0.315 e. The standard InChI is InChI=1S/C24H25N5O/c1-27-23-8-14-28(11-4-13-29-12-3-10-26-29)17-20(23)16-21(24(27)30)18-6-7-22-19(15-18)5-2-9-25-22/h2-3,5-7,9-10,12,15-16H,4,8,11,13-14,17H2,1H3. The minimum atomic E-state index is 0.0733. The topological polar surface area (TPSA) is 56.0 Å². The summed E-state index contributed by atoms with van der Waals surface area (Å²) in [5, 5.41) is 5.33. The summed E-state index contributed by atoms with van der Waals surface area (Å²) in [6.07, 6.45) is 7.59. The van der Waals surface area contributed by atoms with Crippen LogP contribution in [0.3, 0.4) is 0 Å². The molecule has 5 rings (SSSR count). The maximum Gasteiger partial charge on any atom is 0.258 e. The van der Waals surface area contributed by atoms with Gasteiger partial charge in [0.25, 0.3) is 5.56 Å². The highest BCUT2D eigenvalue weighted by Gasteiger charge is 2.21. The number of fused-ring (bicyclic) bond motifs is 2. The van der Waals surface area contributed by atoms with Crippen molar-refractivity contribution in [1.82, 2.24) is 24.2 Å². The summed E-state index contributed by atoms with van der Waals surface area (Å²) in [4.78, 5) is 19.9.